The molecule has 0 unspecified atom stereocenters. The highest BCUT2D eigenvalue weighted by molar-refractivity contribution is 7.71. The third-order valence-electron chi connectivity index (χ3n) is 5.12. The highest BCUT2D eigenvalue weighted by Crippen LogP contribution is 2.27. The molecule has 0 bridgehead atoms. The van der Waals surface area contributed by atoms with Crippen LogP contribution in [0.3, 0.4) is 0 Å². The van der Waals surface area contributed by atoms with Gasteiger partial charge in [0.25, 0.3) is 0 Å². The van der Waals surface area contributed by atoms with Gasteiger partial charge < -0.3 is 10.6 Å². The molecule has 1 aliphatic rings. The molecule has 2 aromatic heterocycles. The molecule has 0 spiro atoms. The molecular formula is C21H22N6O2S2. The normalized spacial score (nSPS) is 15.2. The summed E-state index contributed by atoms with van der Waals surface area (Å²) in [5, 5.41) is 15.2. The number of benzene rings is 1. The smallest absolute Gasteiger partial charge is 0.227 e. The molecule has 0 saturated heterocycles. The second-order valence-corrected chi connectivity index (χ2v) is 8.54. The highest BCUT2D eigenvalue weighted by atomic mass is 32.1. The van der Waals surface area contributed by atoms with Gasteiger partial charge in [0, 0.05) is 30.0 Å². The molecule has 10 heteroatoms. The Kier molecular flexibility index (Phi) is 6.38. The number of aromatic nitrogens is 4. The van der Waals surface area contributed by atoms with Gasteiger partial charge in [0.05, 0.1) is 12.1 Å². The fourth-order valence-electron chi connectivity index (χ4n) is 3.54. The lowest BCUT2D eigenvalue weighted by atomic mass is 9.89. The third kappa shape index (κ3) is 4.97. The minimum Gasteiger partial charge on any atom is -0.326 e. The molecule has 1 atom stereocenters. The van der Waals surface area contributed by atoms with E-state index in [0.717, 1.165) is 22.8 Å². The fraction of sp³-hybridized carbons (Fsp3) is 0.286. The van der Waals surface area contributed by atoms with Crippen LogP contribution in [0.2, 0.25) is 0 Å². The van der Waals surface area contributed by atoms with Crippen LogP contribution in [0.5, 0.6) is 0 Å². The number of allylic oxidation sites excluding steroid dienone is 1. The van der Waals surface area contributed by atoms with Crippen LogP contribution >= 0.6 is 23.6 Å². The fourth-order valence-corrected chi connectivity index (χ4v) is 4.50. The number of aromatic amines is 1. The number of H-pyrrole nitrogens is 1. The second kappa shape index (κ2) is 9.36. The Morgan fingerprint density at radius 2 is 2.26 bits per heavy atom. The van der Waals surface area contributed by atoms with E-state index in [9.17, 15) is 9.59 Å². The number of nitrogens with zero attached hydrogens (tertiary/aromatic N) is 3. The van der Waals surface area contributed by atoms with Gasteiger partial charge in [-0.05, 0) is 36.7 Å². The number of nitrogens with one attached hydrogen (secondary N) is 3. The molecule has 1 aliphatic heterocycles. The summed E-state index contributed by atoms with van der Waals surface area (Å²) in [6.07, 6.45) is 3.64. The van der Waals surface area contributed by atoms with Gasteiger partial charge in [-0.15, -0.1) is 17.9 Å². The number of hydrogen-bond acceptors (Lipinski definition) is 6. The largest absolute Gasteiger partial charge is 0.326 e. The van der Waals surface area contributed by atoms with E-state index in [0.29, 0.717) is 35.7 Å². The summed E-state index contributed by atoms with van der Waals surface area (Å²) in [5.41, 5.74) is 2.76. The van der Waals surface area contributed by atoms with Gasteiger partial charge in [-0.2, -0.15) is 5.10 Å². The zero-order valence-electron chi connectivity index (χ0n) is 16.8. The van der Waals surface area contributed by atoms with Crippen LogP contribution < -0.4 is 10.6 Å². The lowest BCUT2D eigenvalue weighted by molar-refractivity contribution is -0.121. The summed E-state index contributed by atoms with van der Waals surface area (Å²) in [5.74, 6) is 0.370. The zero-order chi connectivity index (χ0) is 21.8. The Hall–Kier alpha value is -3.11. The maximum Gasteiger partial charge on any atom is 0.227 e. The molecule has 31 heavy (non-hydrogen) atoms. The van der Waals surface area contributed by atoms with Crippen LogP contribution in [-0.4, -0.2) is 31.6 Å². The van der Waals surface area contributed by atoms with Crippen LogP contribution in [0, 0.1) is 10.7 Å². The molecule has 0 fully saturated rings. The number of fused-ring (bicyclic) bond motifs is 1. The molecular weight excluding hydrogens is 432 g/mol. The van der Waals surface area contributed by atoms with Crippen LogP contribution in [-0.2, 0) is 29.0 Å². The van der Waals surface area contributed by atoms with Crippen molar-refractivity contribution in [3.63, 3.8) is 0 Å². The highest BCUT2D eigenvalue weighted by Gasteiger charge is 2.26. The number of amides is 2. The minimum absolute atomic E-state index is 0.0315. The molecule has 3 N–H and O–H groups in total. The van der Waals surface area contributed by atoms with E-state index < -0.39 is 0 Å². The Morgan fingerprint density at radius 3 is 3.10 bits per heavy atom. The van der Waals surface area contributed by atoms with E-state index >= 15 is 0 Å². The van der Waals surface area contributed by atoms with Gasteiger partial charge in [-0.1, -0.05) is 24.3 Å². The van der Waals surface area contributed by atoms with Gasteiger partial charge in [-0.25, -0.2) is 4.98 Å². The summed E-state index contributed by atoms with van der Waals surface area (Å²) in [6, 6.07) is 7.76. The van der Waals surface area contributed by atoms with Crippen LogP contribution in [0.1, 0.15) is 29.9 Å². The molecule has 2 amide bonds. The van der Waals surface area contributed by atoms with Crippen molar-refractivity contribution in [3.05, 3.63) is 64.2 Å². The Bertz CT molecular complexity index is 1180. The first-order valence-corrected chi connectivity index (χ1v) is 11.2. The molecule has 3 aromatic rings. The van der Waals surface area contributed by atoms with E-state index in [4.69, 9.17) is 12.2 Å². The van der Waals surface area contributed by atoms with Gasteiger partial charge >= 0.3 is 0 Å². The monoisotopic (exact) mass is 454 g/mol. The average Bonchev–Trinajstić information content (AvgIpc) is 3.34. The van der Waals surface area contributed by atoms with Crippen molar-refractivity contribution in [1.82, 2.24) is 19.7 Å². The Morgan fingerprint density at radius 1 is 1.42 bits per heavy atom. The van der Waals surface area contributed by atoms with Gasteiger partial charge in [0.1, 0.15) is 5.82 Å². The first-order valence-electron chi connectivity index (χ1n) is 9.91. The summed E-state index contributed by atoms with van der Waals surface area (Å²) in [7, 11) is 0. The van der Waals surface area contributed by atoms with Crippen molar-refractivity contribution in [2.45, 2.75) is 32.2 Å². The lowest BCUT2D eigenvalue weighted by Gasteiger charge is -2.24. The zero-order valence-corrected chi connectivity index (χ0v) is 18.4. The van der Waals surface area contributed by atoms with Gasteiger partial charge in [0.15, 0.2) is 9.90 Å². The van der Waals surface area contributed by atoms with E-state index in [2.05, 4.69) is 32.4 Å². The SMILES string of the molecule is C=CCn1c(Cc2csc(NC(=O)CC[C@@H]3Cc4ccccc4NC3=O)n2)n[nH]c1=S. The Balaban J connectivity index is 1.31. The Labute approximate surface area is 188 Å². The number of hydrogen-bond donors (Lipinski definition) is 3. The first-order chi connectivity index (χ1) is 15.0. The maximum atomic E-state index is 12.4. The topological polar surface area (TPSA) is 105 Å². The van der Waals surface area contributed by atoms with Crippen molar-refractivity contribution in [2.24, 2.45) is 5.92 Å². The quantitative estimate of drug-likeness (QED) is 0.356. The van der Waals surface area contributed by atoms with E-state index in [-0.39, 0.29) is 24.2 Å². The van der Waals surface area contributed by atoms with Crippen molar-refractivity contribution < 1.29 is 9.59 Å². The molecule has 0 aliphatic carbocycles. The minimum atomic E-state index is -0.208. The summed E-state index contributed by atoms with van der Waals surface area (Å²) < 4.78 is 2.39. The number of anilines is 2. The van der Waals surface area contributed by atoms with Crippen LogP contribution in [0.4, 0.5) is 10.8 Å². The summed E-state index contributed by atoms with van der Waals surface area (Å²) in [4.78, 5) is 29.2. The number of carbonyl (C=O) groups is 2. The molecule has 1 aromatic carbocycles. The molecule has 160 valence electrons. The summed E-state index contributed by atoms with van der Waals surface area (Å²) in [6.45, 7) is 4.30. The number of thiazole rings is 1. The van der Waals surface area contributed by atoms with Crippen LogP contribution in [0.25, 0.3) is 0 Å². The standard InChI is InChI=1S/C21H22N6O2S2/c1-2-9-27-17(25-26-21(27)30)11-15-12-31-20(22-15)24-18(28)8-7-14-10-13-5-3-4-6-16(13)23-19(14)29/h2-6,12,14H,1,7-11H2,(H,23,29)(H,26,30)(H,22,24,28)/t14-/m1/s1. The molecule has 3 heterocycles. The third-order valence-corrected chi connectivity index (χ3v) is 6.24. The molecule has 0 saturated carbocycles. The summed E-state index contributed by atoms with van der Waals surface area (Å²) >= 11 is 6.58. The van der Waals surface area contributed by atoms with Crippen molar-refractivity contribution in [2.75, 3.05) is 10.6 Å². The number of rotatable bonds is 8. The second-order valence-electron chi connectivity index (χ2n) is 7.30. The van der Waals surface area contributed by atoms with Crippen molar-refractivity contribution in [1.29, 1.82) is 0 Å². The van der Waals surface area contributed by atoms with Crippen molar-refractivity contribution in [3.8, 4) is 0 Å². The number of para-hydroxylation sites is 1. The molecule has 8 nitrogen and oxygen atoms in total. The average molecular weight is 455 g/mol. The predicted octanol–water partition coefficient (Wildman–Crippen LogP) is 3.70. The van der Waals surface area contributed by atoms with Crippen molar-refractivity contribution >= 4 is 46.2 Å². The number of carbonyl (C=O) groups excluding carboxylic acids is 2. The molecule has 0 radical (unpaired) electrons. The van der Waals surface area contributed by atoms with Gasteiger partial charge in [-0.3, -0.25) is 19.3 Å². The molecule has 4 rings (SSSR count). The van der Waals surface area contributed by atoms with E-state index in [1.165, 1.54) is 11.3 Å². The first kappa shape index (κ1) is 21.1. The van der Waals surface area contributed by atoms with E-state index in [1.807, 2.05) is 34.2 Å². The van der Waals surface area contributed by atoms with Gasteiger partial charge in [0.2, 0.25) is 11.8 Å². The maximum absolute atomic E-state index is 12.4. The van der Waals surface area contributed by atoms with E-state index in [1.54, 1.807) is 6.08 Å². The predicted molar refractivity (Wildman–Crippen MR) is 123 cm³/mol. The van der Waals surface area contributed by atoms with Crippen LogP contribution in [0.15, 0.2) is 42.3 Å². The lowest BCUT2D eigenvalue weighted by Crippen LogP contribution is -2.30.